The van der Waals surface area contributed by atoms with Gasteiger partial charge in [-0.1, -0.05) is 52.2 Å². The molecule has 8 unspecified atom stereocenters. The van der Waals surface area contributed by atoms with Crippen LogP contribution < -0.4 is 25.4 Å². The zero-order valence-electron chi connectivity index (χ0n) is 47.0. The molecule has 16 heteroatoms. The Balaban J connectivity index is 0.853. The molecular formula is C59H89N14O2+. The Kier molecular flexibility index (Phi) is 15.9. The van der Waals surface area contributed by atoms with E-state index in [1.165, 1.54) is 36.1 Å². The highest BCUT2D eigenvalue weighted by Crippen LogP contribution is 2.40. The first kappa shape index (κ1) is 53.2. The summed E-state index contributed by atoms with van der Waals surface area (Å²) in [4.78, 5) is 49.7. The van der Waals surface area contributed by atoms with Crippen molar-refractivity contribution in [2.24, 2.45) is 17.6 Å². The number of nitrogens with two attached hydrogens (primary N) is 1. The second kappa shape index (κ2) is 22.4. The molecule has 4 aromatic heterocycles. The summed E-state index contributed by atoms with van der Waals surface area (Å²) >= 11 is 0. The van der Waals surface area contributed by atoms with Crippen LogP contribution in [0.3, 0.4) is 0 Å². The summed E-state index contributed by atoms with van der Waals surface area (Å²) in [6.45, 7) is 18.7. The number of piperidine rings is 2. The number of aryl methyl sites for hydroxylation is 4. The van der Waals surface area contributed by atoms with Crippen LogP contribution in [-0.4, -0.2) is 140 Å². The number of nitrogens with zero attached hydrogens (tertiary/aromatic N) is 12. The van der Waals surface area contributed by atoms with E-state index in [9.17, 15) is 4.79 Å². The highest BCUT2D eigenvalue weighted by Gasteiger charge is 2.47. The number of hydrogen-bond donors (Lipinski definition) is 2. The van der Waals surface area contributed by atoms with Gasteiger partial charge in [0, 0.05) is 112 Å². The minimum Gasteiger partial charge on any atom is -0.356 e. The Labute approximate surface area is 446 Å². The van der Waals surface area contributed by atoms with Crippen LogP contribution in [0, 0.1) is 32.6 Å². The van der Waals surface area contributed by atoms with Gasteiger partial charge in [-0.3, -0.25) is 19.5 Å². The predicted octanol–water partition coefficient (Wildman–Crippen LogP) is 8.64. The number of quaternary nitrogens is 1. The normalized spacial score (nSPS) is 24.3. The number of hydrogen-bond acceptors (Lipinski definition) is 11. The molecule has 75 heavy (non-hydrogen) atoms. The number of nitrogens with one attached hydrogen (secondary N) is 1. The van der Waals surface area contributed by atoms with Gasteiger partial charge in [-0.05, 0) is 116 Å². The molecule has 16 nitrogen and oxygen atoms in total. The molecule has 5 aliphatic heterocycles. The fourth-order valence-corrected chi connectivity index (χ4v) is 14.2. The molecule has 406 valence electrons. The number of fused-ring (bicyclic) bond motifs is 2. The number of carbonyl (C=O) groups is 2. The average molecular weight is 1030 g/mol. The molecular weight excluding hydrogens is 937 g/mol. The zero-order chi connectivity index (χ0) is 52.7. The predicted molar refractivity (Wildman–Crippen MR) is 301 cm³/mol. The summed E-state index contributed by atoms with van der Waals surface area (Å²) in [5.41, 5.74) is 19.4. The molecule has 0 spiro atoms. The minimum atomic E-state index is -0.284. The monoisotopic (exact) mass is 1030 g/mol. The largest absolute Gasteiger partial charge is 0.356 e. The summed E-state index contributed by atoms with van der Waals surface area (Å²) < 4.78 is 4.31. The summed E-state index contributed by atoms with van der Waals surface area (Å²) in [6.07, 6.45) is 20.4. The molecule has 1 aromatic carbocycles. The van der Waals surface area contributed by atoms with Crippen LogP contribution in [-0.2, 0) is 16.0 Å². The second-order valence-corrected chi connectivity index (χ2v) is 24.1. The lowest BCUT2D eigenvalue weighted by Crippen LogP contribution is -2.62. The Morgan fingerprint density at radius 2 is 1.39 bits per heavy atom. The molecule has 0 radical (unpaired) electrons. The van der Waals surface area contributed by atoms with E-state index in [0.29, 0.717) is 10.4 Å². The van der Waals surface area contributed by atoms with E-state index in [4.69, 9.17) is 25.9 Å². The van der Waals surface area contributed by atoms with Crippen molar-refractivity contribution in [1.29, 1.82) is 0 Å². The third-order valence-corrected chi connectivity index (χ3v) is 18.2. The van der Waals surface area contributed by atoms with Crippen molar-refractivity contribution in [3.05, 3.63) is 76.4 Å². The third kappa shape index (κ3) is 10.9. The maximum Gasteiger partial charge on any atom is 0.282 e. The molecule has 5 fully saturated rings. The molecule has 0 aliphatic carbocycles. The lowest BCUT2D eigenvalue weighted by atomic mass is 9.83. The average Bonchev–Trinajstić information content (AvgIpc) is 4.27. The molecule has 3 N–H and O–H groups in total. The van der Waals surface area contributed by atoms with Crippen molar-refractivity contribution >= 4 is 40.4 Å². The first-order valence-corrected chi connectivity index (χ1v) is 29.1. The number of benzene rings is 1. The number of hydrazine groups is 1. The Morgan fingerprint density at radius 1 is 0.773 bits per heavy atom. The first-order chi connectivity index (χ1) is 36.1. The lowest BCUT2D eigenvalue weighted by Gasteiger charge is -2.45. The first-order valence-electron chi connectivity index (χ1n) is 29.1. The van der Waals surface area contributed by atoms with Crippen molar-refractivity contribution in [3.63, 3.8) is 0 Å². The minimum absolute atomic E-state index is 0.0869. The van der Waals surface area contributed by atoms with Gasteiger partial charge in [0.1, 0.15) is 23.4 Å². The summed E-state index contributed by atoms with van der Waals surface area (Å²) in [5, 5.41) is 12.3. The van der Waals surface area contributed by atoms with E-state index in [2.05, 4.69) is 128 Å². The molecule has 0 saturated carbocycles. The summed E-state index contributed by atoms with van der Waals surface area (Å²) in [6, 6.07) is 10.8. The van der Waals surface area contributed by atoms with E-state index in [0.717, 1.165) is 168 Å². The fourth-order valence-electron chi connectivity index (χ4n) is 14.2. The lowest BCUT2D eigenvalue weighted by molar-refractivity contribution is -0.142. The molecule has 0 bridgehead atoms. The van der Waals surface area contributed by atoms with Gasteiger partial charge in [0.15, 0.2) is 17.3 Å². The van der Waals surface area contributed by atoms with Crippen LogP contribution in [0.25, 0.3) is 11.3 Å². The van der Waals surface area contributed by atoms with Crippen LogP contribution in [0.4, 0.5) is 17.3 Å². The number of likely N-dealkylation sites (tertiary alicyclic amines) is 2. The third-order valence-electron chi connectivity index (χ3n) is 18.2. The van der Waals surface area contributed by atoms with Crippen LogP contribution >= 0.6 is 0 Å². The van der Waals surface area contributed by atoms with Crippen molar-refractivity contribution in [2.75, 3.05) is 70.2 Å². The quantitative estimate of drug-likeness (QED) is 0.0863. The van der Waals surface area contributed by atoms with Crippen LogP contribution in [0.5, 0.6) is 0 Å². The van der Waals surface area contributed by atoms with Crippen LogP contribution in [0.15, 0.2) is 42.7 Å². The van der Waals surface area contributed by atoms with Crippen molar-refractivity contribution in [3.8, 4) is 0 Å². The van der Waals surface area contributed by atoms with Crippen molar-refractivity contribution in [1.82, 2.24) is 53.9 Å². The number of rotatable bonds is 17. The second-order valence-electron chi connectivity index (χ2n) is 24.1. The Hall–Kier alpha value is -5.16. The van der Waals surface area contributed by atoms with Crippen LogP contribution in [0.2, 0.25) is 0 Å². The number of aromatic nitrogens is 6. The van der Waals surface area contributed by atoms with Crippen molar-refractivity contribution < 1.29 is 9.59 Å². The SMILES string of the molecule is CCCC(CC)CC(C)C(C(=O)N1CCCCC1c1cc2nc(N3CCCC3)c(C)cn2n1)[N+](C)(C)c1cc(CCC2CC(C(=O)N3CCCCC3c3cc4nc(N5CCC(N)C5)c(C)cn4n3)N(C)N2)ccc1C. The molecule has 8 atom stereocenters. The van der Waals surface area contributed by atoms with Crippen LogP contribution in [0.1, 0.15) is 163 Å². The Morgan fingerprint density at radius 3 is 2.00 bits per heavy atom. The maximum absolute atomic E-state index is 15.8. The van der Waals surface area contributed by atoms with Gasteiger partial charge in [0.2, 0.25) is 5.91 Å². The molecule has 9 heterocycles. The Bertz CT molecular complexity index is 2810. The smallest absolute Gasteiger partial charge is 0.282 e. The van der Waals surface area contributed by atoms with Gasteiger partial charge in [-0.25, -0.2) is 24.0 Å². The summed E-state index contributed by atoms with van der Waals surface area (Å²) in [7, 11) is 6.60. The van der Waals surface area contributed by atoms with Gasteiger partial charge < -0.3 is 25.3 Å². The highest BCUT2D eigenvalue weighted by atomic mass is 16.2. The van der Waals surface area contributed by atoms with Gasteiger partial charge >= 0.3 is 0 Å². The zero-order valence-corrected chi connectivity index (χ0v) is 47.0. The summed E-state index contributed by atoms with van der Waals surface area (Å²) in [5.74, 6) is 3.17. The molecule has 10 rings (SSSR count). The standard InChI is InChI=1S/C59H89N14O2/c1-10-18-43(11-2)31-40(4)55(59(75)70-29-15-13-20-50(70)48-35-53-61-56(67-26-16-17-27-67)41(5)36-71(53)65-48)73(8,9)52-32-44(22-21-39(52)3)23-24-46-33-51(66(7)63-46)58(74)69-28-14-12-19-49(69)47-34-54-62-57(42(6)37-72(54)64-47)68-30-25-45(60)38-68/h21-22,32,34-37,40,43,45-46,49-51,55,63H,10-20,23-31,33,38,60H2,1-9H3/q+1. The van der Waals surface area contributed by atoms with Gasteiger partial charge in [0.25, 0.3) is 5.91 Å². The number of carbonyl (C=O) groups excluding carboxylic acids is 2. The van der Waals surface area contributed by atoms with E-state index in [-0.39, 0.29) is 54.0 Å². The molecule has 5 saturated heterocycles. The molecule has 2 amide bonds. The van der Waals surface area contributed by atoms with Gasteiger partial charge in [0.05, 0.1) is 37.6 Å². The van der Waals surface area contributed by atoms with Gasteiger partial charge in [-0.15, -0.1) is 0 Å². The maximum atomic E-state index is 15.8. The highest BCUT2D eigenvalue weighted by molar-refractivity contribution is 5.85. The number of amides is 2. The van der Waals surface area contributed by atoms with Crippen molar-refractivity contribution in [2.45, 2.75) is 181 Å². The topological polar surface area (TPSA) is 149 Å². The van der Waals surface area contributed by atoms with E-state index in [1.54, 1.807) is 0 Å². The number of likely N-dealkylation sites (N-methyl/N-ethyl adjacent to an activating group) is 2. The molecule has 5 aliphatic rings. The molecule has 5 aromatic rings. The fraction of sp³-hybridized carbons (Fsp3) is 0.661. The van der Waals surface area contributed by atoms with Gasteiger partial charge in [-0.2, -0.15) is 10.2 Å². The van der Waals surface area contributed by atoms with E-state index >= 15 is 4.79 Å². The van der Waals surface area contributed by atoms with E-state index < -0.39 is 0 Å². The van der Waals surface area contributed by atoms with E-state index in [1.807, 2.05) is 16.1 Å². The number of anilines is 2.